The highest BCUT2D eigenvalue weighted by atomic mass is 35.5. The minimum absolute atomic E-state index is 0.0354. The van der Waals surface area contributed by atoms with Crippen LogP contribution in [0, 0.1) is 24.2 Å². The normalized spacial score (nSPS) is 17.1. The predicted molar refractivity (Wildman–Crippen MR) is 137 cm³/mol. The standard InChI is InChI=1S/C26H26ClN3O5S/c1-4-35-20-10-9-17(11-19(20)27)22-18(12-28)25(30-24(32)23(22)26(33)34-3)36-14-21(31)29-13-16-7-5-15(2)6-8-16/h5-11,22-23H,4,13-14H2,1-3H3,(H,29,31)(H,30,32)/t22-,23-/m0/s1. The number of methoxy groups -OCH3 is 1. The molecule has 2 aromatic rings. The molecule has 2 aromatic carbocycles. The average Bonchev–Trinajstić information content (AvgIpc) is 2.87. The Morgan fingerprint density at radius 3 is 2.56 bits per heavy atom. The third kappa shape index (κ3) is 6.39. The number of nitriles is 1. The van der Waals surface area contributed by atoms with Gasteiger partial charge < -0.3 is 20.1 Å². The van der Waals surface area contributed by atoms with Gasteiger partial charge in [-0.1, -0.05) is 59.3 Å². The van der Waals surface area contributed by atoms with Gasteiger partial charge in [0.15, 0.2) is 0 Å². The first-order valence-electron chi connectivity index (χ1n) is 11.2. The topological polar surface area (TPSA) is 118 Å². The Bertz CT molecular complexity index is 1220. The van der Waals surface area contributed by atoms with Gasteiger partial charge in [0.1, 0.15) is 11.7 Å². The van der Waals surface area contributed by atoms with Crippen LogP contribution in [0.3, 0.4) is 0 Å². The second-order valence-electron chi connectivity index (χ2n) is 8.00. The van der Waals surface area contributed by atoms with Crippen LogP contribution < -0.4 is 15.4 Å². The predicted octanol–water partition coefficient (Wildman–Crippen LogP) is 3.83. The van der Waals surface area contributed by atoms with Crippen LogP contribution in [0.2, 0.25) is 5.02 Å². The highest BCUT2D eigenvalue weighted by Crippen LogP contribution is 2.42. The van der Waals surface area contributed by atoms with E-state index in [1.54, 1.807) is 18.2 Å². The van der Waals surface area contributed by atoms with Gasteiger partial charge in [-0.2, -0.15) is 5.26 Å². The molecule has 0 spiro atoms. The maximum Gasteiger partial charge on any atom is 0.319 e. The van der Waals surface area contributed by atoms with Gasteiger partial charge in [-0.05, 0) is 37.1 Å². The summed E-state index contributed by atoms with van der Waals surface area (Å²) in [7, 11) is 1.18. The highest BCUT2D eigenvalue weighted by molar-refractivity contribution is 8.03. The first kappa shape index (κ1) is 27.1. The Balaban J connectivity index is 1.85. The second kappa shape index (κ2) is 12.5. The third-order valence-corrected chi connectivity index (χ3v) is 6.87. The SMILES string of the molecule is CCOc1ccc([C@H]2C(C#N)=C(SCC(=O)NCc3ccc(C)cc3)NC(=O)[C@H]2C(=O)OC)cc1Cl. The van der Waals surface area contributed by atoms with Crippen molar-refractivity contribution in [3.63, 3.8) is 0 Å². The molecule has 0 saturated carbocycles. The van der Waals surface area contributed by atoms with Crippen molar-refractivity contribution >= 4 is 41.1 Å². The molecule has 2 atom stereocenters. The molecule has 0 aliphatic carbocycles. The molecule has 1 aliphatic heterocycles. The van der Waals surface area contributed by atoms with Gasteiger partial charge in [0.2, 0.25) is 11.8 Å². The van der Waals surface area contributed by atoms with E-state index in [0.717, 1.165) is 22.9 Å². The van der Waals surface area contributed by atoms with E-state index in [2.05, 4.69) is 16.7 Å². The lowest BCUT2D eigenvalue weighted by molar-refractivity contribution is -0.150. The first-order chi connectivity index (χ1) is 17.3. The summed E-state index contributed by atoms with van der Waals surface area (Å²) in [6.07, 6.45) is 0. The lowest BCUT2D eigenvalue weighted by atomic mass is 9.78. The van der Waals surface area contributed by atoms with E-state index in [-0.39, 0.29) is 27.3 Å². The van der Waals surface area contributed by atoms with Crippen LogP contribution >= 0.6 is 23.4 Å². The number of halogens is 1. The lowest BCUT2D eigenvalue weighted by Crippen LogP contribution is -2.44. The molecule has 2 N–H and O–H groups in total. The van der Waals surface area contributed by atoms with Crippen molar-refractivity contribution in [1.82, 2.24) is 10.6 Å². The van der Waals surface area contributed by atoms with Crippen LogP contribution in [0.1, 0.15) is 29.5 Å². The number of aryl methyl sites for hydroxylation is 1. The zero-order valence-electron chi connectivity index (χ0n) is 20.1. The maximum absolute atomic E-state index is 13.0. The van der Waals surface area contributed by atoms with Crippen molar-refractivity contribution in [2.75, 3.05) is 19.5 Å². The van der Waals surface area contributed by atoms with Gasteiger partial charge in [-0.3, -0.25) is 14.4 Å². The van der Waals surface area contributed by atoms with Crippen molar-refractivity contribution in [2.24, 2.45) is 5.92 Å². The monoisotopic (exact) mass is 527 g/mol. The van der Waals surface area contributed by atoms with E-state index in [4.69, 9.17) is 21.1 Å². The summed E-state index contributed by atoms with van der Waals surface area (Å²) in [6.45, 7) is 4.57. The number of ether oxygens (including phenoxy) is 2. The summed E-state index contributed by atoms with van der Waals surface area (Å²) >= 11 is 7.37. The van der Waals surface area contributed by atoms with Crippen LogP contribution in [-0.2, 0) is 25.7 Å². The molecule has 0 bridgehead atoms. The zero-order valence-corrected chi connectivity index (χ0v) is 21.7. The van der Waals surface area contributed by atoms with Gasteiger partial charge in [-0.15, -0.1) is 0 Å². The molecule has 1 aliphatic rings. The Kier molecular flexibility index (Phi) is 9.39. The largest absolute Gasteiger partial charge is 0.492 e. The number of benzene rings is 2. The number of allylic oxidation sites excluding steroid dienone is 1. The van der Waals surface area contributed by atoms with Crippen LogP contribution in [0.15, 0.2) is 53.1 Å². The van der Waals surface area contributed by atoms with E-state index >= 15 is 0 Å². The highest BCUT2D eigenvalue weighted by Gasteiger charge is 2.44. The van der Waals surface area contributed by atoms with Crippen molar-refractivity contribution in [3.8, 4) is 11.8 Å². The fraction of sp³-hybridized carbons (Fsp3) is 0.308. The second-order valence-corrected chi connectivity index (χ2v) is 9.39. The van der Waals surface area contributed by atoms with Gasteiger partial charge in [0, 0.05) is 12.5 Å². The number of carbonyl (C=O) groups is 3. The number of hydrogen-bond donors (Lipinski definition) is 2. The summed E-state index contributed by atoms with van der Waals surface area (Å²) in [5, 5.41) is 15.9. The summed E-state index contributed by atoms with van der Waals surface area (Å²) in [6, 6.07) is 14.7. The number of thioether (sulfide) groups is 1. The molecule has 10 heteroatoms. The van der Waals surface area contributed by atoms with Crippen LogP contribution in [-0.4, -0.2) is 37.3 Å². The molecule has 0 saturated heterocycles. The van der Waals surface area contributed by atoms with E-state index in [0.29, 0.717) is 24.5 Å². The summed E-state index contributed by atoms with van der Waals surface area (Å²) in [5.74, 6) is -3.50. The van der Waals surface area contributed by atoms with Gasteiger partial charge in [0.05, 0.1) is 41.2 Å². The minimum Gasteiger partial charge on any atom is -0.492 e. The van der Waals surface area contributed by atoms with Crippen molar-refractivity contribution < 1.29 is 23.9 Å². The number of amides is 2. The number of carbonyl (C=O) groups excluding carboxylic acids is 3. The molecule has 36 heavy (non-hydrogen) atoms. The van der Waals surface area contributed by atoms with Crippen LogP contribution in [0.4, 0.5) is 0 Å². The molecule has 8 nitrogen and oxygen atoms in total. The van der Waals surface area contributed by atoms with E-state index in [1.165, 1.54) is 7.11 Å². The van der Waals surface area contributed by atoms with Crippen molar-refractivity contribution in [1.29, 1.82) is 5.26 Å². The smallest absolute Gasteiger partial charge is 0.319 e. The van der Waals surface area contributed by atoms with E-state index in [9.17, 15) is 19.6 Å². The van der Waals surface area contributed by atoms with Gasteiger partial charge >= 0.3 is 5.97 Å². The Morgan fingerprint density at radius 2 is 1.94 bits per heavy atom. The quantitative estimate of drug-likeness (QED) is 0.376. The minimum atomic E-state index is -1.29. The Hall–Kier alpha value is -3.48. The molecule has 0 unspecified atom stereocenters. The zero-order chi connectivity index (χ0) is 26.2. The number of rotatable bonds is 9. The summed E-state index contributed by atoms with van der Waals surface area (Å²) in [4.78, 5) is 38.0. The maximum atomic E-state index is 13.0. The first-order valence-corrected chi connectivity index (χ1v) is 12.6. The summed E-state index contributed by atoms with van der Waals surface area (Å²) in [5.41, 5.74) is 2.70. The molecule has 188 valence electrons. The van der Waals surface area contributed by atoms with E-state index in [1.807, 2.05) is 38.1 Å². The molecular formula is C26H26ClN3O5S. The Labute approximate surface area is 219 Å². The fourth-order valence-electron chi connectivity index (χ4n) is 3.76. The molecular weight excluding hydrogens is 502 g/mol. The number of nitrogens with one attached hydrogen (secondary N) is 2. The molecule has 1 heterocycles. The molecule has 0 fully saturated rings. The van der Waals surface area contributed by atoms with Gasteiger partial charge in [0.25, 0.3) is 0 Å². The number of esters is 1. The average molecular weight is 528 g/mol. The van der Waals surface area contributed by atoms with E-state index < -0.39 is 23.7 Å². The molecule has 3 rings (SSSR count). The van der Waals surface area contributed by atoms with Crippen LogP contribution in [0.25, 0.3) is 0 Å². The van der Waals surface area contributed by atoms with Gasteiger partial charge in [-0.25, -0.2) is 0 Å². The summed E-state index contributed by atoms with van der Waals surface area (Å²) < 4.78 is 10.3. The molecule has 0 radical (unpaired) electrons. The number of nitrogens with zero attached hydrogens (tertiary/aromatic N) is 1. The molecule has 2 amide bonds. The van der Waals surface area contributed by atoms with Crippen molar-refractivity contribution in [2.45, 2.75) is 26.3 Å². The van der Waals surface area contributed by atoms with Crippen LogP contribution in [0.5, 0.6) is 5.75 Å². The third-order valence-electron chi connectivity index (χ3n) is 5.56. The van der Waals surface area contributed by atoms with Crippen molar-refractivity contribution in [3.05, 3.63) is 74.8 Å². The fourth-order valence-corrected chi connectivity index (χ4v) is 4.88. The number of hydrogen-bond acceptors (Lipinski definition) is 7. The lowest BCUT2D eigenvalue weighted by Gasteiger charge is -2.31. The Morgan fingerprint density at radius 1 is 1.22 bits per heavy atom. The molecule has 0 aromatic heterocycles.